The molecule has 0 fully saturated rings. The van der Waals surface area contributed by atoms with Crippen LogP contribution in [-0.2, 0) is 22.3 Å². The molecule has 2 radical (unpaired) electrons. The molecular weight excluding hydrogens is 133 g/mol. The van der Waals surface area contributed by atoms with Gasteiger partial charge >= 0.3 is 0 Å². The van der Waals surface area contributed by atoms with Gasteiger partial charge in [-0.25, -0.2) is 0 Å². The van der Waals surface area contributed by atoms with E-state index >= 15 is 0 Å². The minimum absolute atomic E-state index is 0. The van der Waals surface area contributed by atoms with Crippen LogP contribution >= 0.6 is 0 Å². The van der Waals surface area contributed by atoms with Gasteiger partial charge in [-0.3, -0.25) is 0 Å². The topological polar surface area (TPSA) is 142 Å². The first-order chi connectivity index (χ1) is 1.00. The Bertz CT molecular complexity index is 7.51. The number of hydrogen-bond acceptors (Lipinski definition) is 0. The van der Waals surface area contributed by atoms with Crippen molar-refractivity contribution in [1.82, 2.24) is 0 Å². The van der Waals surface area contributed by atoms with E-state index < -0.39 is 0 Å². The fourth-order valence-corrected chi connectivity index (χ4v) is 0. The Hall–Kier alpha value is 0.319. The maximum atomic E-state index is 8.00. The van der Waals surface area contributed by atoms with Crippen LogP contribution in [0.25, 0.3) is 0 Å². The van der Waals surface area contributed by atoms with Crippen molar-refractivity contribution < 1.29 is 44.6 Å². The van der Waals surface area contributed by atoms with Gasteiger partial charge in [0, 0.05) is 22.3 Å². The fourth-order valence-electron chi connectivity index (χ4n) is 0. The van der Waals surface area contributed by atoms with Crippen molar-refractivity contribution in [2.24, 2.45) is 0 Å². The molecule has 0 aliphatic heterocycles. The van der Waals surface area contributed by atoms with Gasteiger partial charge in [-0.15, -0.1) is 0 Å². The van der Waals surface area contributed by atoms with E-state index in [2.05, 4.69) is 0 Å². The van der Waals surface area contributed by atoms with E-state index in [0.29, 0.717) is 0 Å². The molecule has 44 valence electrons. The minimum atomic E-state index is 0. The van der Waals surface area contributed by atoms with Gasteiger partial charge in [-0.1, -0.05) is 0 Å². The molecule has 0 aromatic rings. The van der Waals surface area contributed by atoms with Crippen LogP contribution in [0.1, 0.15) is 0 Å². The van der Waals surface area contributed by atoms with Gasteiger partial charge in [0.15, 0.2) is 0 Å². The van der Waals surface area contributed by atoms with Crippen molar-refractivity contribution in [3.63, 3.8) is 0 Å². The molecule has 0 unspecified atom stereocenters. The summed E-state index contributed by atoms with van der Waals surface area (Å²) in [4.78, 5) is 0. The van der Waals surface area contributed by atoms with Crippen LogP contribution in [0.2, 0.25) is 0 Å². The van der Waals surface area contributed by atoms with Gasteiger partial charge in [0.1, 0.15) is 0 Å². The second-order valence-corrected chi connectivity index (χ2v) is 0. The van der Waals surface area contributed by atoms with E-state index in [4.69, 9.17) is 5.21 Å². The molecule has 0 atom stereocenters. The summed E-state index contributed by atoms with van der Waals surface area (Å²) in [6.07, 6.45) is 0. The van der Waals surface area contributed by atoms with E-state index in [9.17, 15) is 0 Å². The van der Waals surface area contributed by atoms with Gasteiger partial charge in [0.25, 0.3) is 0 Å². The zero-order valence-electron chi connectivity index (χ0n) is 2.99. The summed E-state index contributed by atoms with van der Waals surface area (Å²) < 4.78 is 0. The molecule has 0 aromatic heterocycles. The third kappa shape index (κ3) is 466. The average Bonchev–Trinajstić information content (AvgIpc) is 1.00. The van der Waals surface area contributed by atoms with Crippen LogP contribution in [0.15, 0.2) is 0 Å². The zero-order chi connectivity index (χ0) is 2.00. The Morgan fingerprint density at radius 1 is 0.833 bits per heavy atom. The number of hydrogen-bond donors (Lipinski definition) is 1. The molecule has 6 heavy (non-hydrogen) atoms. The third-order valence-corrected chi connectivity index (χ3v) is 0. The summed E-state index contributed by atoms with van der Waals surface area (Å²) >= 11 is 0. The Balaban J connectivity index is -0.000000000833. The van der Waals surface area contributed by atoms with Crippen molar-refractivity contribution in [2.75, 3.05) is 0 Å². The summed E-state index contributed by atoms with van der Waals surface area (Å²) in [5, 5.41) is 8.00. The zero-order valence-corrected chi connectivity index (χ0v) is 4.17. The summed E-state index contributed by atoms with van der Waals surface area (Å²) in [5.41, 5.74) is 0. The first kappa shape index (κ1) is 103. The molecule has 0 rings (SSSR count). The standard InChI is InChI=1S/Mn.H3NO.3H2O/c;1-2;;;/h;1H3;3*1H2/q;+1;;;. The number of quaternary nitrogens is 1. The molecule has 0 heterocycles. The number of rotatable bonds is 0. The second kappa shape index (κ2) is 972. The molecule has 9 N–H and O–H groups in total. The smallest absolute Gasteiger partial charge is 0.0136 e. The predicted molar refractivity (Wildman–Crippen MR) is 14.4 cm³/mol. The molecular formula is H9MnNO4+. The van der Waals surface area contributed by atoms with E-state index in [0.717, 1.165) is 0 Å². The molecule has 0 aliphatic carbocycles. The average molecular weight is 142 g/mol. The predicted octanol–water partition coefficient (Wildman–Crippen LogP) is -3.90. The molecule has 5 nitrogen and oxygen atoms in total. The molecule has 0 saturated carbocycles. The second-order valence-electron chi connectivity index (χ2n) is 0. The molecule has 0 aliphatic rings. The van der Waals surface area contributed by atoms with Crippen LogP contribution < -0.4 is 5.90 Å². The van der Waals surface area contributed by atoms with Crippen molar-refractivity contribution in [1.29, 1.82) is 0 Å². The summed E-state index contributed by atoms with van der Waals surface area (Å²) in [7, 11) is 0. The van der Waals surface area contributed by atoms with Crippen molar-refractivity contribution >= 4 is 0 Å². The summed E-state index contributed by atoms with van der Waals surface area (Å²) in [6, 6.07) is 0. The van der Waals surface area contributed by atoms with Gasteiger partial charge in [0.05, 0.1) is 0 Å². The van der Waals surface area contributed by atoms with E-state index in [1.807, 2.05) is 5.90 Å². The van der Waals surface area contributed by atoms with E-state index in [1.54, 1.807) is 0 Å². The van der Waals surface area contributed by atoms with Gasteiger partial charge in [0.2, 0.25) is 0 Å². The first-order valence-electron chi connectivity index (χ1n) is 0.289. The van der Waals surface area contributed by atoms with Crippen molar-refractivity contribution in [2.45, 2.75) is 0 Å². The van der Waals surface area contributed by atoms with Crippen LogP contribution in [0.3, 0.4) is 0 Å². The van der Waals surface area contributed by atoms with Crippen molar-refractivity contribution in [3.05, 3.63) is 0 Å². The molecule has 0 spiro atoms. The molecule has 0 bridgehead atoms. The van der Waals surface area contributed by atoms with Gasteiger partial charge in [-0.2, -0.15) is 5.90 Å². The largest absolute Gasteiger partial charge is 0.412 e. The summed E-state index contributed by atoms with van der Waals surface area (Å²) in [6.45, 7) is 0. The van der Waals surface area contributed by atoms with E-state index in [1.165, 1.54) is 0 Å². The van der Waals surface area contributed by atoms with Gasteiger partial charge in [-0.05, 0) is 0 Å². The van der Waals surface area contributed by atoms with Gasteiger partial charge < -0.3 is 16.4 Å². The van der Waals surface area contributed by atoms with Crippen LogP contribution in [0.5, 0.6) is 0 Å². The Morgan fingerprint density at radius 3 is 0.833 bits per heavy atom. The molecule has 0 aromatic carbocycles. The monoisotopic (exact) mass is 142 g/mol. The van der Waals surface area contributed by atoms with Crippen LogP contribution in [0.4, 0.5) is 0 Å². The molecule has 0 amide bonds. The van der Waals surface area contributed by atoms with Crippen LogP contribution in [0, 0.1) is 0 Å². The van der Waals surface area contributed by atoms with Crippen LogP contribution in [-0.4, -0.2) is 16.4 Å². The summed E-state index contributed by atoms with van der Waals surface area (Å²) in [5.74, 6) is 2.00. The third-order valence-electron chi connectivity index (χ3n) is 0. The fraction of sp³-hybridized carbons (Fsp3) is 0. The normalized spacial score (nSPS) is 1.00. The molecule has 6 heteroatoms. The first-order valence-corrected chi connectivity index (χ1v) is 0.289. The Labute approximate surface area is 45.5 Å². The maximum Gasteiger partial charge on any atom is 0.0136 e. The Morgan fingerprint density at radius 2 is 0.833 bits per heavy atom. The van der Waals surface area contributed by atoms with Crippen molar-refractivity contribution in [3.8, 4) is 0 Å². The SMILES string of the molecule is O.O.O.[Mn].[NH3+][O]. The maximum absolute atomic E-state index is 8.00. The molecule has 0 saturated heterocycles. The Kier molecular flexibility index (Phi) is 16600. The minimum Gasteiger partial charge on any atom is -0.412 e. The quantitative estimate of drug-likeness (QED) is 0.260. The van der Waals surface area contributed by atoms with E-state index in [-0.39, 0.29) is 33.5 Å².